The van der Waals surface area contributed by atoms with Crippen molar-refractivity contribution in [2.45, 2.75) is 20.0 Å². The van der Waals surface area contributed by atoms with Crippen LogP contribution < -0.4 is 5.56 Å². The Balaban J connectivity index is 1.83. The highest BCUT2D eigenvalue weighted by Gasteiger charge is 2.17. The number of thiophene rings is 1. The molecule has 0 aliphatic carbocycles. The van der Waals surface area contributed by atoms with Gasteiger partial charge in [0.2, 0.25) is 5.78 Å². The van der Waals surface area contributed by atoms with Crippen LogP contribution in [0.2, 0.25) is 0 Å². The molecule has 0 aliphatic heterocycles. The normalized spacial score (nSPS) is 11.7. The lowest BCUT2D eigenvalue weighted by molar-refractivity contribution is 0.280. The van der Waals surface area contributed by atoms with Crippen molar-refractivity contribution in [1.29, 1.82) is 0 Å². The molecule has 7 heteroatoms. The summed E-state index contributed by atoms with van der Waals surface area (Å²) < 4.78 is 3.55. The Labute approximate surface area is 161 Å². The van der Waals surface area contributed by atoms with Crippen LogP contribution in [0.1, 0.15) is 16.3 Å². The molecule has 0 atom stereocenters. The van der Waals surface area contributed by atoms with Crippen molar-refractivity contribution in [1.82, 2.24) is 24.1 Å². The largest absolute Gasteiger partial charge is 0.287 e. The highest BCUT2D eigenvalue weighted by atomic mass is 32.1. The molecule has 0 aliphatic rings. The van der Waals surface area contributed by atoms with Gasteiger partial charge in [-0.1, -0.05) is 23.8 Å². The molecule has 4 aromatic rings. The minimum Gasteiger partial charge on any atom is -0.287 e. The monoisotopic (exact) mass is 379 g/mol. The Morgan fingerprint density at radius 1 is 1.26 bits per heavy atom. The number of fused-ring (bicyclic) bond motifs is 3. The highest BCUT2D eigenvalue weighted by molar-refractivity contribution is 7.09. The number of nitrogens with zero attached hydrogens (tertiary/aromatic N) is 5. The highest BCUT2D eigenvalue weighted by Crippen LogP contribution is 2.18. The molecule has 0 radical (unpaired) electrons. The van der Waals surface area contributed by atoms with E-state index in [4.69, 9.17) is 0 Å². The summed E-state index contributed by atoms with van der Waals surface area (Å²) in [4.78, 5) is 16.3. The number of rotatable bonds is 6. The quantitative estimate of drug-likeness (QED) is 0.483. The van der Waals surface area contributed by atoms with Gasteiger partial charge in [0.1, 0.15) is 0 Å². The van der Waals surface area contributed by atoms with E-state index in [1.54, 1.807) is 23.0 Å². The Morgan fingerprint density at radius 3 is 2.85 bits per heavy atom. The summed E-state index contributed by atoms with van der Waals surface area (Å²) in [5, 5.41) is 11.5. The molecule has 0 saturated carbocycles. The van der Waals surface area contributed by atoms with Gasteiger partial charge < -0.3 is 0 Å². The van der Waals surface area contributed by atoms with E-state index in [0.717, 1.165) is 30.0 Å². The second kappa shape index (κ2) is 7.09. The van der Waals surface area contributed by atoms with Crippen molar-refractivity contribution in [3.8, 4) is 0 Å². The Kier molecular flexibility index (Phi) is 4.63. The predicted molar refractivity (Wildman–Crippen MR) is 109 cm³/mol. The van der Waals surface area contributed by atoms with Crippen LogP contribution in [-0.4, -0.2) is 30.6 Å². The molecule has 3 heterocycles. The molecule has 4 rings (SSSR count). The van der Waals surface area contributed by atoms with Crippen molar-refractivity contribution >= 4 is 28.0 Å². The van der Waals surface area contributed by atoms with Gasteiger partial charge in [-0.3, -0.25) is 18.7 Å². The summed E-state index contributed by atoms with van der Waals surface area (Å²) in [5.74, 6) is 1.37. The summed E-state index contributed by atoms with van der Waals surface area (Å²) >= 11 is 1.74. The Hall–Kier alpha value is -2.77. The Bertz CT molecular complexity index is 1170. The fourth-order valence-electron chi connectivity index (χ4n) is 3.35. The fraction of sp³-hybridized carbons (Fsp3) is 0.250. The van der Waals surface area contributed by atoms with Gasteiger partial charge in [-0.15, -0.1) is 28.1 Å². The third-order valence-corrected chi connectivity index (χ3v) is 5.51. The van der Waals surface area contributed by atoms with E-state index in [-0.39, 0.29) is 5.56 Å². The van der Waals surface area contributed by atoms with Crippen LogP contribution in [0.3, 0.4) is 0 Å². The molecule has 1 aromatic carbocycles. The van der Waals surface area contributed by atoms with E-state index in [0.29, 0.717) is 17.7 Å². The summed E-state index contributed by atoms with van der Waals surface area (Å²) in [7, 11) is 1.74. The number of aromatic nitrogens is 4. The second-order valence-corrected chi connectivity index (χ2v) is 7.71. The number of benzene rings is 1. The first kappa shape index (κ1) is 17.6. The first-order chi connectivity index (χ1) is 13.1. The second-order valence-electron chi connectivity index (χ2n) is 6.67. The van der Waals surface area contributed by atoms with Crippen LogP contribution in [0.5, 0.6) is 0 Å². The van der Waals surface area contributed by atoms with Gasteiger partial charge in [-0.2, -0.15) is 0 Å². The van der Waals surface area contributed by atoms with E-state index < -0.39 is 0 Å². The first-order valence-electron chi connectivity index (χ1n) is 8.77. The lowest BCUT2D eigenvalue weighted by atomic mass is 10.1. The van der Waals surface area contributed by atoms with E-state index in [1.165, 1.54) is 4.88 Å². The van der Waals surface area contributed by atoms with Gasteiger partial charge in [-0.25, -0.2) is 0 Å². The standard InChI is InChI=1S/C20H21N5OS/c1-4-9-24(12-15-6-5-10-27-15)13-18-21-22-20-23(3)19(26)16-11-14(2)7-8-17(16)25(18)20/h4-8,10-11H,1,9,12-13H2,2-3H3. The van der Waals surface area contributed by atoms with E-state index in [9.17, 15) is 4.79 Å². The number of hydrogen-bond donors (Lipinski definition) is 0. The maximum absolute atomic E-state index is 12.7. The minimum absolute atomic E-state index is 0.0540. The number of hydrogen-bond acceptors (Lipinski definition) is 5. The van der Waals surface area contributed by atoms with Gasteiger partial charge in [0, 0.05) is 25.0 Å². The van der Waals surface area contributed by atoms with E-state index in [1.807, 2.05) is 35.6 Å². The molecule has 6 nitrogen and oxygen atoms in total. The van der Waals surface area contributed by atoms with Crippen LogP contribution in [-0.2, 0) is 20.1 Å². The van der Waals surface area contributed by atoms with E-state index in [2.05, 4.69) is 39.2 Å². The topological polar surface area (TPSA) is 55.4 Å². The summed E-state index contributed by atoms with van der Waals surface area (Å²) in [6, 6.07) is 10.1. The van der Waals surface area contributed by atoms with Crippen molar-refractivity contribution < 1.29 is 0 Å². The minimum atomic E-state index is -0.0540. The molecule has 0 spiro atoms. The molecule has 0 N–H and O–H groups in total. The van der Waals surface area contributed by atoms with Gasteiger partial charge in [-0.05, 0) is 30.5 Å². The molecular formula is C20H21N5OS. The van der Waals surface area contributed by atoms with Gasteiger partial charge in [0.05, 0.1) is 17.4 Å². The Morgan fingerprint density at radius 2 is 2.11 bits per heavy atom. The molecule has 0 bridgehead atoms. The molecule has 0 unspecified atom stereocenters. The molecular weight excluding hydrogens is 358 g/mol. The number of aryl methyl sites for hydroxylation is 2. The SMILES string of the molecule is C=CCN(Cc1cccs1)Cc1nnc2n(C)c(=O)c3cc(C)ccc3n12. The van der Waals surface area contributed by atoms with Crippen LogP contribution >= 0.6 is 11.3 Å². The van der Waals surface area contributed by atoms with Crippen molar-refractivity contribution in [2.24, 2.45) is 7.05 Å². The van der Waals surface area contributed by atoms with Crippen molar-refractivity contribution in [2.75, 3.05) is 6.54 Å². The zero-order valence-electron chi connectivity index (χ0n) is 15.4. The first-order valence-corrected chi connectivity index (χ1v) is 9.65. The molecule has 0 saturated heterocycles. The van der Waals surface area contributed by atoms with Gasteiger partial charge >= 0.3 is 0 Å². The third kappa shape index (κ3) is 3.20. The zero-order chi connectivity index (χ0) is 19.0. The van der Waals surface area contributed by atoms with E-state index >= 15 is 0 Å². The zero-order valence-corrected chi connectivity index (χ0v) is 16.2. The summed E-state index contributed by atoms with van der Waals surface area (Å²) in [6.45, 7) is 8.05. The summed E-state index contributed by atoms with van der Waals surface area (Å²) in [6.07, 6.45) is 1.90. The fourth-order valence-corrected chi connectivity index (χ4v) is 4.10. The molecule has 0 fully saturated rings. The predicted octanol–water partition coefficient (Wildman–Crippen LogP) is 3.14. The van der Waals surface area contributed by atoms with Crippen LogP contribution in [0.4, 0.5) is 0 Å². The van der Waals surface area contributed by atoms with Crippen molar-refractivity contribution in [3.63, 3.8) is 0 Å². The lowest BCUT2D eigenvalue weighted by Crippen LogP contribution is -2.25. The average Bonchev–Trinajstić information content (AvgIpc) is 3.30. The maximum Gasteiger partial charge on any atom is 0.262 e. The van der Waals surface area contributed by atoms with Crippen LogP contribution in [0, 0.1) is 6.92 Å². The van der Waals surface area contributed by atoms with Crippen LogP contribution in [0.15, 0.2) is 53.2 Å². The van der Waals surface area contributed by atoms with Crippen LogP contribution in [0.25, 0.3) is 16.7 Å². The molecule has 0 amide bonds. The third-order valence-electron chi connectivity index (χ3n) is 4.65. The van der Waals surface area contributed by atoms with Gasteiger partial charge in [0.15, 0.2) is 5.82 Å². The lowest BCUT2D eigenvalue weighted by Gasteiger charge is -2.19. The maximum atomic E-state index is 12.7. The van der Waals surface area contributed by atoms with Crippen molar-refractivity contribution in [3.05, 3.63) is 75.0 Å². The average molecular weight is 379 g/mol. The molecule has 3 aromatic heterocycles. The molecule has 27 heavy (non-hydrogen) atoms. The molecule has 138 valence electrons. The smallest absolute Gasteiger partial charge is 0.262 e. The van der Waals surface area contributed by atoms with Gasteiger partial charge in [0.25, 0.3) is 5.56 Å². The summed E-state index contributed by atoms with van der Waals surface area (Å²) in [5.41, 5.74) is 1.84.